The normalized spacial score (nSPS) is 14.8. The van der Waals surface area contributed by atoms with E-state index < -0.39 is 0 Å². The van der Waals surface area contributed by atoms with Crippen LogP contribution in [0.5, 0.6) is 0 Å². The number of nitrogens with zero attached hydrogens (tertiary/aromatic N) is 1. The molecule has 3 nitrogen and oxygen atoms in total. The van der Waals surface area contributed by atoms with Crippen molar-refractivity contribution in [2.45, 2.75) is 45.2 Å². The van der Waals surface area contributed by atoms with Gasteiger partial charge in [0.1, 0.15) is 0 Å². The topological polar surface area (TPSA) is 38.5 Å². The zero-order valence-corrected chi connectivity index (χ0v) is 10.3. The predicted octanol–water partition coefficient (Wildman–Crippen LogP) is 1.47. The maximum Gasteiger partial charge on any atom is 0.0477 e. The maximum absolute atomic E-state index is 5.99. The van der Waals surface area contributed by atoms with Crippen LogP contribution in [0.3, 0.4) is 0 Å². The predicted molar refractivity (Wildman–Crippen MR) is 61.5 cm³/mol. The van der Waals surface area contributed by atoms with Crippen LogP contribution in [-0.2, 0) is 4.74 Å². The van der Waals surface area contributed by atoms with Crippen LogP contribution in [0, 0.1) is 0 Å². The Morgan fingerprint density at radius 2 is 2.00 bits per heavy atom. The first-order valence-corrected chi connectivity index (χ1v) is 5.39. The van der Waals surface area contributed by atoms with E-state index in [1.807, 2.05) is 0 Å². The molecule has 0 aromatic carbocycles. The molecule has 86 valence electrons. The molecule has 14 heavy (non-hydrogen) atoms. The van der Waals surface area contributed by atoms with Gasteiger partial charge in [0.05, 0.1) is 0 Å². The van der Waals surface area contributed by atoms with Gasteiger partial charge in [-0.25, -0.2) is 0 Å². The number of hydrogen-bond acceptors (Lipinski definition) is 3. The van der Waals surface area contributed by atoms with Gasteiger partial charge in [0, 0.05) is 31.8 Å². The molecule has 0 saturated carbocycles. The first-order chi connectivity index (χ1) is 6.44. The van der Waals surface area contributed by atoms with E-state index in [2.05, 4.69) is 32.7 Å². The molecular weight excluding hydrogens is 176 g/mol. The number of likely N-dealkylation sites (N-methyl/N-ethyl adjacent to an activating group) is 1. The van der Waals surface area contributed by atoms with E-state index in [0.29, 0.717) is 0 Å². The van der Waals surface area contributed by atoms with Crippen molar-refractivity contribution in [3.63, 3.8) is 0 Å². The summed E-state index contributed by atoms with van der Waals surface area (Å²) in [6, 6.07) is 0.214. The Hall–Kier alpha value is -0.120. The van der Waals surface area contributed by atoms with Gasteiger partial charge in [-0.15, -0.1) is 0 Å². The lowest BCUT2D eigenvalue weighted by Gasteiger charge is -2.36. The Morgan fingerprint density at radius 1 is 1.43 bits per heavy atom. The monoisotopic (exact) mass is 202 g/mol. The fraction of sp³-hybridized carbons (Fsp3) is 1.00. The molecule has 0 rings (SSSR count). The van der Waals surface area contributed by atoms with Crippen LogP contribution in [0.1, 0.15) is 33.6 Å². The maximum atomic E-state index is 5.99. The van der Waals surface area contributed by atoms with Crippen molar-refractivity contribution in [2.24, 2.45) is 5.73 Å². The van der Waals surface area contributed by atoms with Crippen molar-refractivity contribution in [2.75, 3.05) is 27.3 Å². The van der Waals surface area contributed by atoms with Crippen LogP contribution in [0.2, 0.25) is 0 Å². The molecule has 0 aliphatic carbocycles. The van der Waals surface area contributed by atoms with Gasteiger partial charge in [0.2, 0.25) is 0 Å². The molecule has 1 unspecified atom stereocenters. The lowest BCUT2D eigenvalue weighted by molar-refractivity contribution is 0.128. The minimum absolute atomic E-state index is 0.214. The summed E-state index contributed by atoms with van der Waals surface area (Å²) in [5.74, 6) is 0. The first-order valence-electron chi connectivity index (χ1n) is 5.39. The standard InChI is InChI=1S/C11H26N2O/c1-6-11(2,3)13(4)9-10(12)7-8-14-5/h10H,6-9,12H2,1-5H3. The van der Waals surface area contributed by atoms with Gasteiger partial charge in [-0.05, 0) is 33.7 Å². The quantitative estimate of drug-likeness (QED) is 0.679. The third-order valence-electron chi connectivity index (χ3n) is 3.10. The highest BCUT2D eigenvalue weighted by molar-refractivity contribution is 4.80. The second kappa shape index (κ2) is 6.38. The van der Waals surface area contributed by atoms with E-state index >= 15 is 0 Å². The smallest absolute Gasteiger partial charge is 0.0477 e. The minimum atomic E-state index is 0.214. The van der Waals surface area contributed by atoms with Crippen LogP contribution in [0.4, 0.5) is 0 Å². The highest BCUT2D eigenvalue weighted by atomic mass is 16.5. The van der Waals surface area contributed by atoms with Crippen molar-refractivity contribution in [1.29, 1.82) is 0 Å². The van der Waals surface area contributed by atoms with E-state index in [4.69, 9.17) is 10.5 Å². The van der Waals surface area contributed by atoms with Gasteiger partial charge in [-0.2, -0.15) is 0 Å². The molecule has 0 bridgehead atoms. The number of nitrogens with two attached hydrogens (primary N) is 1. The summed E-state index contributed by atoms with van der Waals surface area (Å²) in [5, 5.41) is 0. The fourth-order valence-electron chi connectivity index (χ4n) is 1.23. The van der Waals surface area contributed by atoms with Crippen LogP contribution in [-0.4, -0.2) is 43.8 Å². The van der Waals surface area contributed by atoms with Gasteiger partial charge in [0.25, 0.3) is 0 Å². The van der Waals surface area contributed by atoms with Gasteiger partial charge in [0.15, 0.2) is 0 Å². The van der Waals surface area contributed by atoms with Crippen molar-refractivity contribution in [3.05, 3.63) is 0 Å². The second-order valence-corrected chi connectivity index (χ2v) is 4.59. The Kier molecular flexibility index (Phi) is 6.33. The number of methoxy groups -OCH3 is 1. The SMILES string of the molecule is CCC(C)(C)N(C)CC(N)CCOC. The first kappa shape index (κ1) is 13.9. The van der Waals surface area contributed by atoms with E-state index in [9.17, 15) is 0 Å². The highest BCUT2D eigenvalue weighted by Crippen LogP contribution is 2.16. The molecule has 0 aromatic rings. The zero-order chi connectivity index (χ0) is 11.2. The van der Waals surface area contributed by atoms with Crippen LogP contribution in [0.15, 0.2) is 0 Å². The summed E-state index contributed by atoms with van der Waals surface area (Å²) < 4.78 is 5.01. The number of hydrogen-bond donors (Lipinski definition) is 1. The summed E-state index contributed by atoms with van der Waals surface area (Å²) >= 11 is 0. The Labute approximate surface area is 88.6 Å². The molecule has 0 fully saturated rings. The Bertz CT molecular complexity index is 148. The largest absolute Gasteiger partial charge is 0.385 e. The summed E-state index contributed by atoms with van der Waals surface area (Å²) in [6.45, 7) is 8.38. The van der Waals surface area contributed by atoms with Gasteiger partial charge >= 0.3 is 0 Å². The van der Waals surface area contributed by atoms with E-state index in [1.54, 1.807) is 7.11 Å². The average Bonchev–Trinajstić information content (AvgIpc) is 2.14. The molecule has 0 heterocycles. The molecule has 0 spiro atoms. The van der Waals surface area contributed by atoms with Gasteiger partial charge in [-0.3, -0.25) is 4.90 Å². The van der Waals surface area contributed by atoms with E-state index in [-0.39, 0.29) is 11.6 Å². The molecule has 0 saturated heterocycles. The minimum Gasteiger partial charge on any atom is -0.385 e. The molecule has 1 atom stereocenters. The van der Waals surface area contributed by atoms with Crippen LogP contribution >= 0.6 is 0 Å². The van der Waals surface area contributed by atoms with Crippen molar-refractivity contribution >= 4 is 0 Å². The molecule has 0 radical (unpaired) electrons. The fourth-order valence-corrected chi connectivity index (χ4v) is 1.23. The average molecular weight is 202 g/mol. The van der Waals surface area contributed by atoms with Crippen LogP contribution < -0.4 is 5.73 Å². The summed E-state index contributed by atoms with van der Waals surface area (Å²) in [4.78, 5) is 2.33. The van der Waals surface area contributed by atoms with Gasteiger partial charge < -0.3 is 10.5 Å². The van der Waals surface area contributed by atoms with Crippen molar-refractivity contribution < 1.29 is 4.74 Å². The highest BCUT2D eigenvalue weighted by Gasteiger charge is 2.22. The van der Waals surface area contributed by atoms with Crippen molar-refractivity contribution in [1.82, 2.24) is 4.90 Å². The molecule has 3 heteroatoms. The molecule has 0 aliphatic heterocycles. The molecule has 2 N–H and O–H groups in total. The lowest BCUT2D eigenvalue weighted by atomic mass is 9.99. The van der Waals surface area contributed by atoms with Crippen molar-refractivity contribution in [3.8, 4) is 0 Å². The molecule has 0 amide bonds. The Morgan fingerprint density at radius 3 is 2.43 bits per heavy atom. The number of ether oxygens (including phenoxy) is 1. The Balaban J connectivity index is 3.86. The summed E-state index contributed by atoms with van der Waals surface area (Å²) in [6.07, 6.45) is 2.07. The molecule has 0 aromatic heterocycles. The third-order valence-corrected chi connectivity index (χ3v) is 3.10. The van der Waals surface area contributed by atoms with Crippen LogP contribution in [0.25, 0.3) is 0 Å². The summed E-state index contributed by atoms with van der Waals surface area (Å²) in [7, 11) is 3.85. The molecular formula is C11H26N2O. The molecule has 0 aliphatic rings. The third kappa shape index (κ3) is 4.94. The zero-order valence-electron chi connectivity index (χ0n) is 10.3. The van der Waals surface area contributed by atoms with E-state index in [0.717, 1.165) is 26.0 Å². The lowest BCUT2D eigenvalue weighted by Crippen LogP contribution is -2.46. The number of rotatable bonds is 7. The second-order valence-electron chi connectivity index (χ2n) is 4.59. The van der Waals surface area contributed by atoms with Gasteiger partial charge in [-0.1, -0.05) is 6.92 Å². The summed E-state index contributed by atoms with van der Waals surface area (Å²) in [5.41, 5.74) is 6.23. The van der Waals surface area contributed by atoms with E-state index in [1.165, 1.54) is 0 Å².